The van der Waals surface area contributed by atoms with Gasteiger partial charge in [0.2, 0.25) is 11.8 Å². The van der Waals surface area contributed by atoms with Crippen molar-refractivity contribution in [3.63, 3.8) is 0 Å². The molecule has 0 saturated heterocycles. The van der Waals surface area contributed by atoms with Gasteiger partial charge in [0, 0.05) is 24.0 Å². The number of benzene rings is 4. The third kappa shape index (κ3) is 8.56. The Morgan fingerprint density at radius 1 is 0.804 bits per heavy atom. The highest BCUT2D eigenvalue weighted by Gasteiger charge is 2.35. The molecule has 0 heterocycles. The fourth-order valence-corrected chi connectivity index (χ4v) is 6.74. The van der Waals surface area contributed by atoms with Gasteiger partial charge in [-0.05, 0) is 75.1 Å². The molecule has 0 fully saturated rings. The molecule has 0 bridgehead atoms. The van der Waals surface area contributed by atoms with E-state index in [0.29, 0.717) is 22.7 Å². The molecule has 4 aromatic carbocycles. The number of carbonyl (C=O) groups is 2. The van der Waals surface area contributed by atoms with Crippen LogP contribution in [0.25, 0.3) is 0 Å². The lowest BCUT2D eigenvalue weighted by Gasteiger charge is -2.34. The van der Waals surface area contributed by atoms with Crippen LogP contribution in [0.3, 0.4) is 0 Å². The molecule has 0 saturated carbocycles. The molecule has 0 aliphatic heterocycles. The predicted octanol–water partition coefficient (Wildman–Crippen LogP) is 7.02. The number of nitrogens with one attached hydrogen (secondary N) is 1. The molecule has 1 N–H and O–H groups in total. The van der Waals surface area contributed by atoms with E-state index in [1.165, 1.54) is 17.0 Å². The predicted molar refractivity (Wildman–Crippen MR) is 185 cm³/mol. The minimum atomic E-state index is -4.22. The summed E-state index contributed by atoms with van der Waals surface area (Å²) in [5.41, 5.74) is 4.47. The lowest BCUT2D eigenvalue weighted by atomic mass is 10.0. The highest BCUT2D eigenvalue weighted by atomic mass is 35.5. The molecule has 0 aliphatic carbocycles. The van der Waals surface area contributed by atoms with Crippen LogP contribution in [-0.2, 0) is 32.6 Å². The second-order valence-electron chi connectivity index (χ2n) is 11.7. The second kappa shape index (κ2) is 15.4. The number of anilines is 1. The minimum Gasteiger partial charge on any atom is -0.352 e. The van der Waals surface area contributed by atoms with E-state index < -0.39 is 28.5 Å². The lowest BCUT2D eigenvalue weighted by Crippen LogP contribution is -2.54. The van der Waals surface area contributed by atoms with Crippen LogP contribution in [0.1, 0.15) is 48.1 Å². The number of carbonyl (C=O) groups excluding carboxylic acids is 2. The first kappa shape index (κ1) is 34.7. The Balaban J connectivity index is 1.83. The standard InChI is InChI=1S/C37H42ClN3O4S/c1-6-28(4)39-37(43)35(23-30-11-8-7-9-12-30)40(24-31-19-15-26(2)16-20-31)36(42)25-41(34-14-10-13-33(38)29(34)5)46(44,45)32-21-17-27(3)18-22-32/h7-22,28,35H,6,23-25H2,1-5H3,(H,39,43). The van der Waals surface area contributed by atoms with Crippen LogP contribution in [-0.4, -0.2) is 43.8 Å². The van der Waals surface area contributed by atoms with Crippen LogP contribution < -0.4 is 9.62 Å². The minimum absolute atomic E-state index is 0.0470. The Kier molecular flexibility index (Phi) is 11.7. The molecule has 9 heteroatoms. The zero-order valence-corrected chi connectivity index (χ0v) is 28.6. The van der Waals surface area contributed by atoms with Crippen LogP contribution in [0.15, 0.2) is 102 Å². The van der Waals surface area contributed by atoms with Crippen molar-refractivity contribution in [2.24, 2.45) is 0 Å². The van der Waals surface area contributed by atoms with Gasteiger partial charge in [-0.2, -0.15) is 0 Å². The van der Waals surface area contributed by atoms with E-state index in [9.17, 15) is 18.0 Å². The third-order valence-corrected chi connectivity index (χ3v) is 10.3. The largest absolute Gasteiger partial charge is 0.352 e. The van der Waals surface area contributed by atoms with Gasteiger partial charge >= 0.3 is 0 Å². The van der Waals surface area contributed by atoms with Crippen molar-refractivity contribution in [1.29, 1.82) is 0 Å². The number of hydrogen-bond acceptors (Lipinski definition) is 4. The van der Waals surface area contributed by atoms with Crippen LogP contribution in [0, 0.1) is 20.8 Å². The summed E-state index contributed by atoms with van der Waals surface area (Å²) in [4.78, 5) is 30.1. The van der Waals surface area contributed by atoms with Gasteiger partial charge < -0.3 is 10.2 Å². The fraction of sp³-hybridized carbons (Fsp3) is 0.297. The summed E-state index contributed by atoms with van der Waals surface area (Å²) < 4.78 is 29.7. The molecular formula is C37H42ClN3O4S. The molecule has 46 heavy (non-hydrogen) atoms. The summed E-state index contributed by atoms with van der Waals surface area (Å²) in [6.07, 6.45) is 0.966. The Morgan fingerprint density at radius 3 is 2.02 bits per heavy atom. The monoisotopic (exact) mass is 659 g/mol. The van der Waals surface area contributed by atoms with Crippen molar-refractivity contribution in [1.82, 2.24) is 10.2 Å². The lowest BCUT2D eigenvalue weighted by molar-refractivity contribution is -0.140. The van der Waals surface area contributed by atoms with Crippen molar-refractivity contribution in [3.8, 4) is 0 Å². The summed E-state index contributed by atoms with van der Waals surface area (Å²) >= 11 is 6.47. The first-order chi connectivity index (χ1) is 21.9. The average Bonchev–Trinajstić information content (AvgIpc) is 3.04. The quantitative estimate of drug-likeness (QED) is 0.167. The van der Waals surface area contributed by atoms with Crippen LogP contribution in [0.2, 0.25) is 5.02 Å². The van der Waals surface area contributed by atoms with E-state index >= 15 is 0 Å². The number of aryl methyl sites for hydroxylation is 2. The molecule has 0 aromatic heterocycles. The number of amides is 2. The molecule has 2 unspecified atom stereocenters. The zero-order valence-electron chi connectivity index (χ0n) is 27.0. The molecule has 4 rings (SSSR count). The zero-order chi connectivity index (χ0) is 33.4. The molecule has 4 aromatic rings. The van der Waals surface area contributed by atoms with Gasteiger partial charge in [0.05, 0.1) is 10.6 Å². The van der Waals surface area contributed by atoms with Gasteiger partial charge in [-0.15, -0.1) is 0 Å². The van der Waals surface area contributed by atoms with Gasteiger partial charge in [0.1, 0.15) is 12.6 Å². The van der Waals surface area contributed by atoms with Crippen LogP contribution >= 0.6 is 11.6 Å². The van der Waals surface area contributed by atoms with Gasteiger partial charge in [-0.1, -0.05) is 102 Å². The van der Waals surface area contributed by atoms with Gasteiger partial charge in [0.15, 0.2) is 0 Å². The first-order valence-electron chi connectivity index (χ1n) is 15.4. The number of nitrogens with zero attached hydrogens (tertiary/aromatic N) is 2. The molecule has 0 aliphatic rings. The van der Waals surface area contributed by atoms with Gasteiger partial charge in [0.25, 0.3) is 10.0 Å². The summed E-state index contributed by atoms with van der Waals surface area (Å²) in [5, 5.41) is 3.44. The van der Waals surface area contributed by atoms with E-state index in [-0.39, 0.29) is 29.8 Å². The van der Waals surface area contributed by atoms with E-state index in [1.807, 2.05) is 82.3 Å². The summed E-state index contributed by atoms with van der Waals surface area (Å²) in [6.45, 7) is 9.05. The van der Waals surface area contributed by atoms with Crippen molar-refractivity contribution in [2.75, 3.05) is 10.8 Å². The van der Waals surface area contributed by atoms with E-state index in [4.69, 9.17) is 11.6 Å². The molecule has 2 atom stereocenters. The molecule has 7 nitrogen and oxygen atoms in total. The smallest absolute Gasteiger partial charge is 0.264 e. The molecule has 0 spiro atoms. The van der Waals surface area contributed by atoms with E-state index in [2.05, 4.69) is 5.32 Å². The summed E-state index contributed by atoms with van der Waals surface area (Å²) in [6, 6.07) is 27.7. The van der Waals surface area contributed by atoms with Crippen molar-refractivity contribution >= 4 is 39.1 Å². The molecule has 2 amide bonds. The molecular weight excluding hydrogens is 618 g/mol. The number of sulfonamides is 1. The fourth-order valence-electron chi connectivity index (χ4n) is 5.10. The van der Waals surface area contributed by atoms with E-state index in [1.54, 1.807) is 37.3 Å². The van der Waals surface area contributed by atoms with Gasteiger partial charge in [-0.3, -0.25) is 13.9 Å². The maximum absolute atomic E-state index is 14.6. The normalized spacial score (nSPS) is 12.7. The van der Waals surface area contributed by atoms with Crippen LogP contribution in [0.5, 0.6) is 0 Å². The first-order valence-corrected chi connectivity index (χ1v) is 17.3. The SMILES string of the molecule is CCC(C)NC(=O)C(Cc1ccccc1)N(Cc1ccc(C)cc1)C(=O)CN(c1cccc(Cl)c1C)S(=O)(=O)c1ccc(C)cc1. The highest BCUT2D eigenvalue weighted by Crippen LogP contribution is 2.31. The highest BCUT2D eigenvalue weighted by molar-refractivity contribution is 7.92. The maximum atomic E-state index is 14.6. The van der Waals surface area contributed by atoms with Crippen molar-refractivity contribution in [3.05, 3.63) is 130 Å². The van der Waals surface area contributed by atoms with E-state index in [0.717, 1.165) is 26.6 Å². The Hall–Kier alpha value is -4.14. The maximum Gasteiger partial charge on any atom is 0.264 e. The van der Waals surface area contributed by atoms with Crippen molar-refractivity contribution < 1.29 is 18.0 Å². The third-order valence-electron chi connectivity index (χ3n) is 8.14. The Labute approximate surface area is 278 Å². The average molecular weight is 660 g/mol. The summed E-state index contributed by atoms with van der Waals surface area (Å²) in [5.74, 6) is -0.818. The molecule has 242 valence electrons. The topological polar surface area (TPSA) is 86.8 Å². The molecule has 0 radical (unpaired) electrons. The Morgan fingerprint density at radius 2 is 1.41 bits per heavy atom. The van der Waals surface area contributed by atoms with Crippen molar-refractivity contribution in [2.45, 2.75) is 71.0 Å². The van der Waals surface area contributed by atoms with Crippen LogP contribution in [0.4, 0.5) is 5.69 Å². The number of hydrogen-bond donors (Lipinski definition) is 1. The second-order valence-corrected chi connectivity index (χ2v) is 14.0. The van der Waals surface area contributed by atoms with Gasteiger partial charge in [-0.25, -0.2) is 8.42 Å². The number of halogens is 1. The Bertz CT molecular complexity index is 1740. The summed E-state index contributed by atoms with van der Waals surface area (Å²) in [7, 11) is -4.22. The number of rotatable bonds is 13.